The Labute approximate surface area is 189 Å². The van der Waals surface area contributed by atoms with E-state index in [-0.39, 0.29) is 28.9 Å². The van der Waals surface area contributed by atoms with E-state index in [0.29, 0.717) is 23.2 Å². The minimum atomic E-state index is -4.55. The van der Waals surface area contributed by atoms with Gasteiger partial charge in [0.25, 0.3) is 11.6 Å². The number of carbonyl (C=O) groups excluding carboxylic acids is 1. The Morgan fingerprint density at radius 2 is 1.91 bits per heavy atom. The SMILES string of the molecule is Cc1noc2nc(-c3ccccc3C(F)(F)F)cc(C(=O)N3CCCC3CN3CCCC3)c12. The van der Waals surface area contributed by atoms with Gasteiger partial charge < -0.3 is 14.3 Å². The van der Waals surface area contributed by atoms with E-state index < -0.39 is 11.7 Å². The summed E-state index contributed by atoms with van der Waals surface area (Å²) in [6, 6.07) is 6.79. The van der Waals surface area contributed by atoms with E-state index in [9.17, 15) is 18.0 Å². The van der Waals surface area contributed by atoms with E-state index in [1.54, 1.807) is 6.92 Å². The van der Waals surface area contributed by atoms with Crippen molar-refractivity contribution in [2.45, 2.75) is 44.8 Å². The molecule has 2 fully saturated rings. The number of hydrogen-bond acceptors (Lipinski definition) is 5. The molecule has 1 aromatic carbocycles. The Balaban J connectivity index is 1.57. The Morgan fingerprint density at radius 1 is 1.15 bits per heavy atom. The summed E-state index contributed by atoms with van der Waals surface area (Å²) in [6.07, 6.45) is -0.376. The average Bonchev–Trinajstić information content (AvgIpc) is 3.55. The zero-order valence-electron chi connectivity index (χ0n) is 18.4. The predicted molar refractivity (Wildman–Crippen MR) is 117 cm³/mol. The van der Waals surface area contributed by atoms with Crippen LogP contribution in [0.25, 0.3) is 22.4 Å². The topological polar surface area (TPSA) is 62.5 Å². The number of halogens is 3. The molecule has 2 aromatic heterocycles. The van der Waals surface area contributed by atoms with Crippen LogP contribution in [0.1, 0.15) is 47.3 Å². The molecule has 0 aliphatic carbocycles. The van der Waals surface area contributed by atoms with Gasteiger partial charge in [0.15, 0.2) is 0 Å². The number of nitrogens with zero attached hydrogens (tertiary/aromatic N) is 4. The number of amides is 1. The van der Waals surface area contributed by atoms with E-state index in [0.717, 1.165) is 38.5 Å². The first-order valence-corrected chi connectivity index (χ1v) is 11.3. The maximum atomic E-state index is 13.7. The number of likely N-dealkylation sites (tertiary alicyclic amines) is 2. The quantitative estimate of drug-likeness (QED) is 0.556. The third kappa shape index (κ3) is 4.10. The van der Waals surface area contributed by atoms with E-state index in [1.165, 1.54) is 37.1 Å². The summed E-state index contributed by atoms with van der Waals surface area (Å²) in [5, 5.41) is 4.39. The molecule has 1 amide bonds. The van der Waals surface area contributed by atoms with Gasteiger partial charge in [0.05, 0.1) is 27.9 Å². The number of hydrogen-bond donors (Lipinski definition) is 0. The molecule has 33 heavy (non-hydrogen) atoms. The Hall–Kier alpha value is -2.94. The largest absolute Gasteiger partial charge is 0.417 e. The van der Waals surface area contributed by atoms with Crippen LogP contribution in [0.4, 0.5) is 13.2 Å². The summed E-state index contributed by atoms with van der Waals surface area (Å²) in [5.74, 6) is -0.207. The molecular weight excluding hydrogens is 433 g/mol. The van der Waals surface area contributed by atoms with Gasteiger partial charge >= 0.3 is 6.18 Å². The van der Waals surface area contributed by atoms with Crippen LogP contribution >= 0.6 is 0 Å². The second-order valence-electron chi connectivity index (χ2n) is 8.85. The molecule has 0 N–H and O–H groups in total. The zero-order valence-corrected chi connectivity index (χ0v) is 18.4. The fraction of sp³-hybridized carbons (Fsp3) is 0.458. The molecule has 6 nitrogen and oxygen atoms in total. The summed E-state index contributed by atoms with van der Waals surface area (Å²) < 4.78 is 46.3. The van der Waals surface area contributed by atoms with Crippen molar-refractivity contribution in [3.05, 3.63) is 47.2 Å². The second-order valence-corrected chi connectivity index (χ2v) is 8.85. The molecule has 4 heterocycles. The van der Waals surface area contributed by atoms with Gasteiger partial charge in [0, 0.05) is 24.7 Å². The summed E-state index contributed by atoms with van der Waals surface area (Å²) in [7, 11) is 0. The van der Waals surface area contributed by atoms with Gasteiger partial charge in [-0.15, -0.1) is 0 Å². The lowest BCUT2D eigenvalue weighted by Crippen LogP contribution is -2.42. The molecule has 5 rings (SSSR count). The average molecular weight is 458 g/mol. The first-order valence-electron chi connectivity index (χ1n) is 11.3. The monoisotopic (exact) mass is 458 g/mol. The van der Waals surface area contributed by atoms with Crippen LogP contribution in [0.15, 0.2) is 34.9 Å². The van der Waals surface area contributed by atoms with Gasteiger partial charge in [-0.3, -0.25) is 4.79 Å². The molecule has 1 unspecified atom stereocenters. The van der Waals surface area contributed by atoms with Gasteiger partial charge in [0.1, 0.15) is 0 Å². The van der Waals surface area contributed by atoms with Crippen LogP contribution in [0.5, 0.6) is 0 Å². The van der Waals surface area contributed by atoms with E-state index in [1.807, 2.05) is 4.90 Å². The number of benzene rings is 1. The number of aromatic nitrogens is 2. The van der Waals surface area contributed by atoms with Crippen LogP contribution in [0.2, 0.25) is 0 Å². The first-order chi connectivity index (χ1) is 15.8. The fourth-order valence-electron chi connectivity index (χ4n) is 5.07. The minimum absolute atomic E-state index is 0.0465. The normalized spacial score (nSPS) is 19.6. The molecular formula is C24H25F3N4O2. The van der Waals surface area contributed by atoms with Gasteiger partial charge in [-0.2, -0.15) is 13.2 Å². The summed E-state index contributed by atoms with van der Waals surface area (Å²) in [5.41, 5.74) is 0.00119. The van der Waals surface area contributed by atoms with E-state index in [2.05, 4.69) is 15.0 Å². The molecule has 9 heteroatoms. The van der Waals surface area contributed by atoms with Crippen molar-refractivity contribution in [3.63, 3.8) is 0 Å². The molecule has 2 aliphatic rings. The van der Waals surface area contributed by atoms with Crippen LogP contribution in [0, 0.1) is 6.92 Å². The third-order valence-electron chi connectivity index (χ3n) is 6.66. The standard InChI is InChI=1S/C24H25F3N4O2/c1-15-21-18(23(32)31-12-6-7-16(31)14-30-10-4-5-11-30)13-20(28-22(21)33-29-15)17-8-2-3-9-19(17)24(25,26)27/h2-3,8-9,13,16H,4-7,10-12,14H2,1H3. The molecule has 3 aromatic rings. The highest BCUT2D eigenvalue weighted by molar-refractivity contribution is 6.07. The molecule has 2 aliphatic heterocycles. The number of aryl methyl sites for hydroxylation is 1. The molecule has 0 spiro atoms. The van der Waals surface area contributed by atoms with E-state index in [4.69, 9.17) is 4.52 Å². The molecule has 0 saturated carbocycles. The number of pyridine rings is 1. The highest BCUT2D eigenvalue weighted by Crippen LogP contribution is 2.38. The fourth-order valence-corrected chi connectivity index (χ4v) is 5.07. The summed E-state index contributed by atoms with van der Waals surface area (Å²) >= 11 is 0. The lowest BCUT2D eigenvalue weighted by atomic mass is 10.00. The number of rotatable bonds is 4. The van der Waals surface area contributed by atoms with Crippen LogP contribution in [0.3, 0.4) is 0 Å². The first kappa shape index (κ1) is 21.9. The minimum Gasteiger partial charge on any atom is -0.335 e. The van der Waals surface area contributed by atoms with Crippen molar-refractivity contribution in [1.82, 2.24) is 19.9 Å². The highest BCUT2D eigenvalue weighted by atomic mass is 19.4. The van der Waals surface area contributed by atoms with Crippen molar-refractivity contribution < 1.29 is 22.5 Å². The van der Waals surface area contributed by atoms with Crippen LogP contribution in [-0.2, 0) is 6.18 Å². The van der Waals surface area contributed by atoms with Gasteiger partial charge in [-0.05, 0) is 57.8 Å². The molecule has 0 radical (unpaired) electrons. The number of alkyl halides is 3. The number of carbonyl (C=O) groups is 1. The maximum Gasteiger partial charge on any atom is 0.417 e. The molecule has 174 valence electrons. The van der Waals surface area contributed by atoms with Gasteiger partial charge in [0.2, 0.25) is 0 Å². The predicted octanol–water partition coefficient (Wildman–Crippen LogP) is 4.92. The van der Waals surface area contributed by atoms with Crippen LogP contribution in [-0.4, -0.2) is 58.1 Å². The molecule has 1 atom stereocenters. The van der Waals surface area contributed by atoms with Crippen molar-refractivity contribution in [2.75, 3.05) is 26.2 Å². The van der Waals surface area contributed by atoms with Crippen molar-refractivity contribution in [3.8, 4) is 11.3 Å². The second kappa shape index (κ2) is 8.44. The molecule has 0 bridgehead atoms. The maximum absolute atomic E-state index is 13.7. The Morgan fingerprint density at radius 3 is 2.67 bits per heavy atom. The van der Waals surface area contributed by atoms with Crippen molar-refractivity contribution in [1.29, 1.82) is 0 Å². The number of fused-ring (bicyclic) bond motifs is 1. The van der Waals surface area contributed by atoms with Crippen molar-refractivity contribution >= 4 is 17.0 Å². The highest BCUT2D eigenvalue weighted by Gasteiger charge is 2.36. The smallest absolute Gasteiger partial charge is 0.335 e. The lowest BCUT2D eigenvalue weighted by molar-refractivity contribution is -0.137. The van der Waals surface area contributed by atoms with Gasteiger partial charge in [-0.1, -0.05) is 23.4 Å². The van der Waals surface area contributed by atoms with Crippen molar-refractivity contribution in [2.24, 2.45) is 0 Å². The Bertz CT molecular complexity index is 1180. The third-order valence-corrected chi connectivity index (χ3v) is 6.66. The lowest BCUT2D eigenvalue weighted by Gasteiger charge is -2.29. The Kier molecular flexibility index (Phi) is 5.60. The molecule has 2 saturated heterocycles. The van der Waals surface area contributed by atoms with E-state index >= 15 is 0 Å². The van der Waals surface area contributed by atoms with Crippen LogP contribution < -0.4 is 0 Å². The zero-order chi connectivity index (χ0) is 23.2. The van der Waals surface area contributed by atoms with Gasteiger partial charge in [-0.25, -0.2) is 4.98 Å². The summed E-state index contributed by atoms with van der Waals surface area (Å²) in [6.45, 7) is 5.24. The summed E-state index contributed by atoms with van der Waals surface area (Å²) in [4.78, 5) is 22.3.